The molecule has 1 fully saturated rings. The number of pyridine rings is 1. The summed E-state index contributed by atoms with van der Waals surface area (Å²) in [5, 5.41) is 11.0. The molecule has 4 aromatic rings. The van der Waals surface area contributed by atoms with Crippen LogP contribution in [0.25, 0.3) is 17.1 Å². The highest BCUT2D eigenvalue weighted by Gasteiger charge is 2.27. The second-order valence-electron chi connectivity index (χ2n) is 9.30. The Bertz CT molecular complexity index is 1520. The minimum absolute atomic E-state index is 0.185. The third-order valence-electron chi connectivity index (χ3n) is 6.77. The number of benzene rings is 2. The van der Waals surface area contributed by atoms with Gasteiger partial charge in [0, 0.05) is 30.2 Å². The lowest BCUT2D eigenvalue weighted by Gasteiger charge is -2.26. The van der Waals surface area contributed by atoms with E-state index in [9.17, 15) is 18.8 Å². The van der Waals surface area contributed by atoms with Crippen molar-refractivity contribution in [3.8, 4) is 6.07 Å². The van der Waals surface area contributed by atoms with Gasteiger partial charge in [0.2, 0.25) is 5.91 Å². The number of amides is 1. The van der Waals surface area contributed by atoms with Gasteiger partial charge in [-0.15, -0.1) is 0 Å². The SMILES string of the molecule is Cc1cc(C)c2c(C#N)c(C=CC(=O)N3CCOCC3)n(C(c3ccc(F)cc3)c3ccc(F)cc3)c2n1. The molecule has 0 saturated carbocycles. The fourth-order valence-corrected chi connectivity index (χ4v) is 5.02. The van der Waals surface area contributed by atoms with Crippen LogP contribution in [0.15, 0.2) is 60.7 Å². The number of hydrogen-bond donors (Lipinski definition) is 0. The highest BCUT2D eigenvalue weighted by Crippen LogP contribution is 2.37. The van der Waals surface area contributed by atoms with Crippen LogP contribution in [0.1, 0.15) is 39.7 Å². The van der Waals surface area contributed by atoms with E-state index in [1.54, 1.807) is 35.2 Å². The molecule has 1 aliphatic rings. The second-order valence-corrected chi connectivity index (χ2v) is 9.30. The predicted molar refractivity (Wildman–Crippen MR) is 140 cm³/mol. The van der Waals surface area contributed by atoms with Crippen LogP contribution in [0, 0.1) is 36.8 Å². The fraction of sp³-hybridized carbons (Fsp3) is 0.233. The number of hydrogen-bond acceptors (Lipinski definition) is 4. The van der Waals surface area contributed by atoms with Crippen molar-refractivity contribution in [3.63, 3.8) is 0 Å². The average molecular weight is 513 g/mol. The second kappa shape index (κ2) is 10.6. The first-order valence-corrected chi connectivity index (χ1v) is 12.3. The van der Waals surface area contributed by atoms with E-state index in [2.05, 4.69) is 6.07 Å². The summed E-state index contributed by atoms with van der Waals surface area (Å²) in [7, 11) is 0. The molecule has 0 unspecified atom stereocenters. The van der Waals surface area contributed by atoms with Gasteiger partial charge in [-0.1, -0.05) is 24.3 Å². The topological polar surface area (TPSA) is 71.2 Å². The van der Waals surface area contributed by atoms with Crippen molar-refractivity contribution in [2.24, 2.45) is 0 Å². The Morgan fingerprint density at radius 2 is 1.61 bits per heavy atom. The molecule has 0 bridgehead atoms. The number of halogens is 2. The van der Waals surface area contributed by atoms with Crippen LogP contribution in [-0.2, 0) is 9.53 Å². The molecule has 2 aromatic heterocycles. The number of ether oxygens (including phenoxy) is 1. The minimum atomic E-state index is -0.576. The molecule has 0 spiro atoms. The lowest BCUT2D eigenvalue weighted by Crippen LogP contribution is -2.39. The third kappa shape index (κ3) is 4.81. The summed E-state index contributed by atoms with van der Waals surface area (Å²) >= 11 is 0. The van der Waals surface area contributed by atoms with Crippen molar-refractivity contribution in [2.45, 2.75) is 19.9 Å². The molecule has 5 rings (SSSR count). The zero-order chi connectivity index (χ0) is 26.8. The van der Waals surface area contributed by atoms with Crippen LogP contribution in [-0.4, -0.2) is 46.7 Å². The van der Waals surface area contributed by atoms with Gasteiger partial charge in [-0.3, -0.25) is 4.79 Å². The first kappa shape index (κ1) is 25.3. The van der Waals surface area contributed by atoms with Crippen LogP contribution >= 0.6 is 0 Å². The van der Waals surface area contributed by atoms with E-state index in [0.29, 0.717) is 48.6 Å². The van der Waals surface area contributed by atoms with Crippen LogP contribution in [0.2, 0.25) is 0 Å². The minimum Gasteiger partial charge on any atom is -0.378 e. The standard InChI is InChI=1S/C30H26F2N4O2/c1-19-17-20(2)34-30-28(19)25(18-33)26(11-12-27(37)35-13-15-38-16-14-35)36(30)29(21-3-7-23(31)8-4-21)22-5-9-24(32)10-6-22/h3-12,17,29H,13-16H2,1-2H3. The third-order valence-corrected chi connectivity index (χ3v) is 6.77. The molecule has 38 heavy (non-hydrogen) atoms. The number of rotatable bonds is 5. The largest absolute Gasteiger partial charge is 0.378 e. The quantitative estimate of drug-likeness (QED) is 0.340. The molecule has 1 amide bonds. The van der Waals surface area contributed by atoms with Crippen molar-refractivity contribution in [1.29, 1.82) is 5.26 Å². The highest BCUT2D eigenvalue weighted by atomic mass is 19.1. The molecular weight excluding hydrogens is 486 g/mol. The number of nitrogens with zero attached hydrogens (tertiary/aromatic N) is 4. The molecule has 2 aromatic carbocycles. The van der Waals surface area contributed by atoms with Crippen molar-refractivity contribution < 1.29 is 18.3 Å². The lowest BCUT2D eigenvalue weighted by atomic mass is 9.97. The molecule has 0 radical (unpaired) electrons. The predicted octanol–water partition coefficient (Wildman–Crippen LogP) is 5.31. The zero-order valence-electron chi connectivity index (χ0n) is 21.1. The molecule has 1 saturated heterocycles. The van der Waals surface area contributed by atoms with Crippen molar-refractivity contribution in [2.75, 3.05) is 26.3 Å². The van der Waals surface area contributed by atoms with Gasteiger partial charge in [-0.25, -0.2) is 13.8 Å². The molecule has 8 heteroatoms. The van der Waals surface area contributed by atoms with E-state index < -0.39 is 6.04 Å². The number of aryl methyl sites for hydroxylation is 2. The Morgan fingerprint density at radius 1 is 1.03 bits per heavy atom. The monoisotopic (exact) mass is 512 g/mol. The molecule has 0 atom stereocenters. The van der Waals surface area contributed by atoms with Gasteiger partial charge >= 0.3 is 0 Å². The smallest absolute Gasteiger partial charge is 0.246 e. The molecule has 0 N–H and O–H groups in total. The zero-order valence-corrected chi connectivity index (χ0v) is 21.1. The maximum atomic E-state index is 13.9. The number of carbonyl (C=O) groups is 1. The number of aromatic nitrogens is 2. The summed E-state index contributed by atoms with van der Waals surface area (Å²) < 4.78 is 35.1. The lowest BCUT2D eigenvalue weighted by molar-refractivity contribution is -0.129. The van der Waals surface area contributed by atoms with E-state index in [-0.39, 0.29) is 17.5 Å². The molecular formula is C30H26F2N4O2. The van der Waals surface area contributed by atoms with Gasteiger partial charge in [0.25, 0.3) is 0 Å². The average Bonchev–Trinajstić information content (AvgIpc) is 3.23. The Kier molecular flexibility index (Phi) is 7.03. The number of fused-ring (bicyclic) bond motifs is 1. The summed E-state index contributed by atoms with van der Waals surface area (Å²) in [5.74, 6) is -0.958. The van der Waals surface area contributed by atoms with E-state index in [4.69, 9.17) is 9.72 Å². The summed E-state index contributed by atoms with van der Waals surface area (Å²) in [6.45, 7) is 5.72. The Labute approximate surface area is 219 Å². The van der Waals surface area contributed by atoms with Gasteiger partial charge in [0.15, 0.2) is 0 Å². The summed E-state index contributed by atoms with van der Waals surface area (Å²) in [5.41, 5.74) is 4.48. The van der Waals surface area contributed by atoms with Crippen molar-refractivity contribution in [1.82, 2.24) is 14.5 Å². The first-order chi connectivity index (χ1) is 18.4. The summed E-state index contributed by atoms with van der Waals surface area (Å²) in [6, 6.07) is 15.8. The van der Waals surface area contributed by atoms with Gasteiger partial charge in [-0.05, 0) is 66.9 Å². The van der Waals surface area contributed by atoms with Crippen LogP contribution in [0.4, 0.5) is 8.78 Å². The van der Waals surface area contributed by atoms with Gasteiger partial charge in [0.1, 0.15) is 23.4 Å². The molecule has 1 aliphatic heterocycles. The Morgan fingerprint density at radius 3 is 2.16 bits per heavy atom. The highest BCUT2D eigenvalue weighted by molar-refractivity contribution is 5.96. The van der Waals surface area contributed by atoms with Gasteiger partial charge < -0.3 is 14.2 Å². The van der Waals surface area contributed by atoms with E-state index >= 15 is 0 Å². The Balaban J connectivity index is 1.78. The van der Waals surface area contributed by atoms with E-state index in [0.717, 1.165) is 22.4 Å². The molecule has 3 heterocycles. The van der Waals surface area contributed by atoms with Gasteiger partial charge in [0.05, 0.1) is 30.5 Å². The maximum Gasteiger partial charge on any atom is 0.246 e. The fourth-order valence-electron chi connectivity index (χ4n) is 5.02. The number of carbonyl (C=O) groups excluding carboxylic acids is 1. The van der Waals surface area contributed by atoms with Crippen LogP contribution in [0.3, 0.4) is 0 Å². The van der Waals surface area contributed by atoms with E-state index in [1.807, 2.05) is 24.5 Å². The van der Waals surface area contributed by atoms with Gasteiger partial charge in [-0.2, -0.15) is 5.26 Å². The molecule has 6 nitrogen and oxygen atoms in total. The van der Waals surface area contributed by atoms with Crippen LogP contribution in [0.5, 0.6) is 0 Å². The van der Waals surface area contributed by atoms with E-state index in [1.165, 1.54) is 30.3 Å². The first-order valence-electron chi connectivity index (χ1n) is 12.3. The molecule has 0 aliphatic carbocycles. The maximum absolute atomic E-state index is 13.9. The van der Waals surface area contributed by atoms with Crippen LogP contribution < -0.4 is 0 Å². The Hall–Kier alpha value is -4.35. The van der Waals surface area contributed by atoms with Crippen molar-refractivity contribution in [3.05, 3.63) is 106 Å². The van der Waals surface area contributed by atoms with Crippen molar-refractivity contribution >= 4 is 23.0 Å². The number of morpholine rings is 1. The summed E-state index contributed by atoms with van der Waals surface area (Å²) in [6.07, 6.45) is 3.11. The molecule has 192 valence electrons. The number of nitriles is 1. The normalized spacial score (nSPS) is 13.9. The summed E-state index contributed by atoms with van der Waals surface area (Å²) in [4.78, 5) is 19.5.